The predicted molar refractivity (Wildman–Crippen MR) is 96.6 cm³/mol. The third-order valence-electron chi connectivity index (χ3n) is 4.51. The van der Waals surface area contributed by atoms with Crippen LogP contribution in [0, 0.1) is 0 Å². The lowest BCUT2D eigenvalue weighted by Gasteiger charge is -2.29. The summed E-state index contributed by atoms with van der Waals surface area (Å²) in [5.74, 6) is -0.191. The molecule has 24 heavy (non-hydrogen) atoms. The second kappa shape index (κ2) is 6.35. The Morgan fingerprint density at radius 1 is 1.04 bits per heavy atom. The van der Waals surface area contributed by atoms with E-state index in [9.17, 15) is 4.79 Å². The first-order chi connectivity index (χ1) is 11.8. The zero-order chi connectivity index (χ0) is 16.4. The summed E-state index contributed by atoms with van der Waals surface area (Å²) < 4.78 is 0. The number of fused-ring (bicyclic) bond motifs is 1. The lowest BCUT2D eigenvalue weighted by Crippen LogP contribution is -2.29. The maximum atomic E-state index is 12.6. The minimum Gasteiger partial charge on any atom is -0.371 e. The van der Waals surface area contributed by atoms with Crippen LogP contribution in [-0.4, -0.2) is 29.2 Å². The maximum Gasteiger partial charge on any atom is 0.276 e. The van der Waals surface area contributed by atoms with E-state index in [2.05, 4.69) is 26.5 Å². The van der Waals surface area contributed by atoms with Crippen molar-refractivity contribution in [2.45, 2.75) is 19.3 Å². The summed E-state index contributed by atoms with van der Waals surface area (Å²) in [6.07, 6.45) is 3.77. The van der Waals surface area contributed by atoms with Gasteiger partial charge in [-0.05, 0) is 43.5 Å². The first-order valence-corrected chi connectivity index (χ1v) is 8.41. The minimum atomic E-state index is -0.191. The van der Waals surface area contributed by atoms with Crippen LogP contribution >= 0.6 is 0 Å². The van der Waals surface area contributed by atoms with Crippen molar-refractivity contribution in [2.24, 2.45) is 0 Å². The number of piperidine rings is 1. The first-order valence-electron chi connectivity index (χ1n) is 8.41. The van der Waals surface area contributed by atoms with Crippen LogP contribution in [0.1, 0.15) is 29.8 Å². The Hall–Kier alpha value is -2.82. The van der Waals surface area contributed by atoms with E-state index in [0.717, 1.165) is 29.7 Å². The number of nitrogens with one attached hydrogen (secondary N) is 2. The molecule has 4 rings (SSSR count). The number of benzene rings is 2. The van der Waals surface area contributed by atoms with Gasteiger partial charge in [-0.3, -0.25) is 9.89 Å². The van der Waals surface area contributed by atoms with Gasteiger partial charge in [0.05, 0.1) is 5.52 Å². The quantitative estimate of drug-likeness (QED) is 0.771. The molecule has 2 heterocycles. The molecule has 3 aromatic rings. The highest BCUT2D eigenvalue weighted by molar-refractivity contribution is 6.11. The average Bonchev–Trinajstić information content (AvgIpc) is 3.07. The fraction of sp³-hybridized carbons (Fsp3) is 0.263. The fourth-order valence-corrected chi connectivity index (χ4v) is 3.26. The number of para-hydroxylation sites is 1. The first kappa shape index (κ1) is 14.8. The molecule has 0 unspecified atom stereocenters. The van der Waals surface area contributed by atoms with E-state index < -0.39 is 0 Å². The van der Waals surface area contributed by atoms with E-state index in [-0.39, 0.29) is 5.91 Å². The smallest absolute Gasteiger partial charge is 0.276 e. The zero-order valence-electron chi connectivity index (χ0n) is 13.5. The van der Waals surface area contributed by atoms with Crippen molar-refractivity contribution >= 4 is 28.2 Å². The number of nitrogens with zero attached hydrogens (tertiary/aromatic N) is 2. The number of hydrogen-bond acceptors (Lipinski definition) is 3. The van der Waals surface area contributed by atoms with Crippen molar-refractivity contribution in [1.82, 2.24) is 10.2 Å². The van der Waals surface area contributed by atoms with Gasteiger partial charge in [-0.1, -0.05) is 24.3 Å². The van der Waals surface area contributed by atoms with Crippen molar-refractivity contribution in [3.8, 4) is 0 Å². The van der Waals surface area contributed by atoms with Gasteiger partial charge in [0.25, 0.3) is 5.91 Å². The summed E-state index contributed by atoms with van der Waals surface area (Å²) in [6, 6.07) is 15.7. The molecule has 0 atom stereocenters. The molecule has 5 nitrogen and oxygen atoms in total. The van der Waals surface area contributed by atoms with Crippen molar-refractivity contribution in [3.05, 3.63) is 54.2 Å². The molecule has 1 aromatic heterocycles. The van der Waals surface area contributed by atoms with E-state index >= 15 is 0 Å². The number of aromatic amines is 1. The van der Waals surface area contributed by atoms with Crippen molar-refractivity contribution in [2.75, 3.05) is 23.3 Å². The molecule has 2 N–H and O–H groups in total. The van der Waals surface area contributed by atoms with Gasteiger partial charge in [0.15, 0.2) is 5.69 Å². The molecule has 1 aliphatic rings. The third kappa shape index (κ3) is 2.85. The number of rotatable bonds is 3. The van der Waals surface area contributed by atoms with E-state index in [1.807, 2.05) is 42.5 Å². The average molecular weight is 320 g/mol. The lowest BCUT2D eigenvalue weighted by molar-refractivity contribution is 0.102. The number of amides is 1. The molecule has 1 fully saturated rings. The summed E-state index contributed by atoms with van der Waals surface area (Å²) >= 11 is 0. The van der Waals surface area contributed by atoms with Gasteiger partial charge >= 0.3 is 0 Å². The Balaban J connectivity index is 1.55. The Morgan fingerprint density at radius 3 is 2.75 bits per heavy atom. The summed E-state index contributed by atoms with van der Waals surface area (Å²) in [6.45, 7) is 2.17. The molecule has 0 bridgehead atoms. The molecule has 0 saturated carbocycles. The van der Waals surface area contributed by atoms with Crippen molar-refractivity contribution in [1.29, 1.82) is 0 Å². The molecule has 1 amide bonds. The molecule has 5 heteroatoms. The predicted octanol–water partition coefficient (Wildman–Crippen LogP) is 3.81. The van der Waals surface area contributed by atoms with Gasteiger partial charge in [0, 0.05) is 29.9 Å². The summed E-state index contributed by atoms with van der Waals surface area (Å²) in [4.78, 5) is 14.9. The summed E-state index contributed by atoms with van der Waals surface area (Å²) in [7, 11) is 0. The van der Waals surface area contributed by atoms with Gasteiger partial charge in [-0.25, -0.2) is 0 Å². The molecule has 0 aliphatic carbocycles. The van der Waals surface area contributed by atoms with Crippen LogP contribution in [0.4, 0.5) is 11.4 Å². The van der Waals surface area contributed by atoms with Gasteiger partial charge in [0.2, 0.25) is 0 Å². The third-order valence-corrected chi connectivity index (χ3v) is 4.51. The van der Waals surface area contributed by atoms with Crippen LogP contribution in [0.25, 0.3) is 10.9 Å². The Morgan fingerprint density at radius 2 is 1.88 bits per heavy atom. The SMILES string of the molecule is O=C(Nc1cccc(N2CCCCC2)c1)c1n[nH]c2ccccc12. The van der Waals surface area contributed by atoms with E-state index in [4.69, 9.17) is 0 Å². The molecular weight excluding hydrogens is 300 g/mol. The van der Waals surface area contributed by atoms with Crippen LogP contribution in [0.15, 0.2) is 48.5 Å². The van der Waals surface area contributed by atoms with Gasteiger partial charge in [0.1, 0.15) is 0 Å². The van der Waals surface area contributed by atoms with Crippen molar-refractivity contribution < 1.29 is 4.79 Å². The van der Waals surface area contributed by atoms with Gasteiger partial charge in [-0.15, -0.1) is 0 Å². The Bertz CT molecular complexity index is 864. The molecule has 0 spiro atoms. The molecule has 1 saturated heterocycles. The largest absolute Gasteiger partial charge is 0.371 e. The second-order valence-corrected chi connectivity index (χ2v) is 6.17. The molecule has 0 radical (unpaired) electrons. The van der Waals surface area contributed by atoms with Crippen LogP contribution in [0.2, 0.25) is 0 Å². The monoisotopic (exact) mass is 320 g/mol. The number of hydrogen-bond donors (Lipinski definition) is 2. The number of carbonyl (C=O) groups excluding carboxylic acids is 1. The highest BCUT2D eigenvalue weighted by Crippen LogP contribution is 2.24. The van der Waals surface area contributed by atoms with Crippen molar-refractivity contribution in [3.63, 3.8) is 0 Å². The molecule has 1 aliphatic heterocycles. The minimum absolute atomic E-state index is 0.191. The molecule has 2 aromatic carbocycles. The summed E-state index contributed by atoms with van der Waals surface area (Å²) in [5, 5.41) is 10.9. The van der Waals surface area contributed by atoms with E-state index in [1.165, 1.54) is 24.9 Å². The normalized spacial score (nSPS) is 14.8. The second-order valence-electron chi connectivity index (χ2n) is 6.17. The maximum absolute atomic E-state index is 12.6. The molecule has 122 valence electrons. The van der Waals surface area contributed by atoms with Gasteiger partial charge < -0.3 is 10.2 Å². The van der Waals surface area contributed by atoms with Crippen LogP contribution in [0.3, 0.4) is 0 Å². The lowest BCUT2D eigenvalue weighted by atomic mass is 10.1. The highest BCUT2D eigenvalue weighted by Gasteiger charge is 2.15. The number of carbonyl (C=O) groups is 1. The summed E-state index contributed by atoms with van der Waals surface area (Å²) in [5.41, 5.74) is 3.26. The topological polar surface area (TPSA) is 61.0 Å². The number of H-pyrrole nitrogens is 1. The van der Waals surface area contributed by atoms with Crippen LogP contribution < -0.4 is 10.2 Å². The molecular formula is C19H20N4O. The van der Waals surface area contributed by atoms with Crippen LogP contribution in [0.5, 0.6) is 0 Å². The van der Waals surface area contributed by atoms with Gasteiger partial charge in [-0.2, -0.15) is 5.10 Å². The van der Waals surface area contributed by atoms with E-state index in [1.54, 1.807) is 0 Å². The fourth-order valence-electron chi connectivity index (χ4n) is 3.26. The zero-order valence-corrected chi connectivity index (χ0v) is 13.5. The standard InChI is InChI=1S/C19H20N4O/c24-19(18-16-9-2-3-10-17(16)21-22-18)20-14-7-6-8-15(13-14)23-11-4-1-5-12-23/h2-3,6-10,13H,1,4-5,11-12H2,(H,20,24)(H,21,22). The number of anilines is 2. The Labute approximate surface area is 140 Å². The van der Waals surface area contributed by atoms with Crippen LogP contribution in [-0.2, 0) is 0 Å². The highest BCUT2D eigenvalue weighted by atomic mass is 16.1. The number of aromatic nitrogens is 2. The van der Waals surface area contributed by atoms with E-state index in [0.29, 0.717) is 5.69 Å². The Kier molecular flexibility index (Phi) is 3.91.